The Labute approximate surface area is 135 Å². The molecule has 110 valence electrons. The molecular weight excluding hydrogens is 318 g/mol. The summed E-state index contributed by atoms with van der Waals surface area (Å²) in [5.41, 5.74) is 4.59. The molecule has 0 fully saturated rings. The van der Waals surface area contributed by atoms with Crippen molar-refractivity contribution >= 4 is 45.5 Å². The minimum atomic E-state index is -0.0214. The Bertz CT molecular complexity index is 987. The van der Waals surface area contributed by atoms with E-state index in [2.05, 4.69) is 16.0 Å². The van der Waals surface area contributed by atoms with E-state index in [1.54, 1.807) is 34.1 Å². The zero-order valence-electron chi connectivity index (χ0n) is 11.8. The molecule has 22 heavy (non-hydrogen) atoms. The number of halogens is 1. The highest BCUT2D eigenvalue weighted by Gasteiger charge is 2.21. The van der Waals surface area contributed by atoms with Gasteiger partial charge in [-0.05, 0) is 43.2 Å². The summed E-state index contributed by atoms with van der Waals surface area (Å²) in [6.45, 7) is 2.65. The first-order valence-corrected chi connectivity index (χ1v) is 8.20. The number of benzene rings is 1. The number of nitrogens with zero attached hydrogens (tertiary/aromatic N) is 3. The summed E-state index contributed by atoms with van der Waals surface area (Å²) in [5.74, 6) is 0.757. The second-order valence-electron chi connectivity index (χ2n) is 5.28. The Balaban J connectivity index is 1.94. The predicted octanol–water partition coefficient (Wildman–Crippen LogP) is 3.76. The summed E-state index contributed by atoms with van der Waals surface area (Å²) >= 11 is 7.59. The highest BCUT2D eigenvalue weighted by molar-refractivity contribution is 7.10. The molecule has 0 spiro atoms. The van der Waals surface area contributed by atoms with E-state index in [1.807, 2.05) is 12.4 Å². The molecular formula is C16H12ClN3OS. The predicted molar refractivity (Wildman–Crippen MR) is 90.4 cm³/mol. The SMILES string of the molecule is Cc1ncsc1/C=C1/CCn2c1nc1ccc(Cl)cc1c2=O. The molecule has 0 N–H and O–H groups in total. The van der Waals surface area contributed by atoms with Crippen molar-refractivity contribution < 1.29 is 0 Å². The van der Waals surface area contributed by atoms with Crippen molar-refractivity contribution in [2.75, 3.05) is 0 Å². The van der Waals surface area contributed by atoms with E-state index >= 15 is 0 Å². The molecule has 0 amide bonds. The van der Waals surface area contributed by atoms with E-state index in [1.165, 1.54) is 0 Å². The average molecular weight is 330 g/mol. The molecule has 3 aromatic rings. The maximum absolute atomic E-state index is 12.6. The lowest BCUT2D eigenvalue weighted by atomic mass is 10.2. The Hall–Kier alpha value is -1.98. The lowest BCUT2D eigenvalue weighted by molar-refractivity contribution is 0.725. The van der Waals surface area contributed by atoms with Crippen LogP contribution in [0.2, 0.25) is 5.02 Å². The quantitative estimate of drug-likeness (QED) is 0.683. The third kappa shape index (κ3) is 2.09. The van der Waals surface area contributed by atoms with Gasteiger partial charge in [-0.25, -0.2) is 9.97 Å². The van der Waals surface area contributed by atoms with Crippen LogP contribution in [0.4, 0.5) is 0 Å². The van der Waals surface area contributed by atoms with Crippen LogP contribution < -0.4 is 5.56 Å². The highest BCUT2D eigenvalue weighted by Crippen LogP contribution is 2.29. The number of hydrogen-bond acceptors (Lipinski definition) is 4. The molecule has 0 saturated carbocycles. The van der Waals surface area contributed by atoms with E-state index < -0.39 is 0 Å². The van der Waals surface area contributed by atoms with Crippen LogP contribution in [0, 0.1) is 6.92 Å². The van der Waals surface area contributed by atoms with Gasteiger partial charge in [0.1, 0.15) is 5.82 Å². The minimum Gasteiger partial charge on any atom is -0.292 e. The van der Waals surface area contributed by atoms with Crippen molar-refractivity contribution in [1.82, 2.24) is 14.5 Å². The van der Waals surface area contributed by atoms with Crippen molar-refractivity contribution in [3.63, 3.8) is 0 Å². The van der Waals surface area contributed by atoms with Gasteiger partial charge in [-0.15, -0.1) is 11.3 Å². The van der Waals surface area contributed by atoms with Gasteiger partial charge in [0, 0.05) is 11.6 Å². The zero-order valence-corrected chi connectivity index (χ0v) is 13.4. The molecule has 1 aliphatic rings. The Morgan fingerprint density at radius 2 is 2.27 bits per heavy atom. The second kappa shape index (κ2) is 5.04. The number of aryl methyl sites for hydroxylation is 1. The van der Waals surface area contributed by atoms with Gasteiger partial charge < -0.3 is 0 Å². The van der Waals surface area contributed by atoms with Gasteiger partial charge in [0.15, 0.2) is 0 Å². The van der Waals surface area contributed by atoms with E-state index in [9.17, 15) is 4.79 Å². The lowest BCUT2D eigenvalue weighted by Crippen LogP contribution is -2.20. The van der Waals surface area contributed by atoms with Crippen LogP contribution in [0.5, 0.6) is 0 Å². The summed E-state index contributed by atoms with van der Waals surface area (Å²) in [6, 6.07) is 5.25. The van der Waals surface area contributed by atoms with Crippen LogP contribution in [0.15, 0.2) is 28.5 Å². The maximum Gasteiger partial charge on any atom is 0.261 e. The first-order chi connectivity index (χ1) is 10.6. The molecule has 4 rings (SSSR count). The Kier molecular flexibility index (Phi) is 3.13. The fourth-order valence-corrected chi connectivity index (χ4v) is 3.66. The minimum absolute atomic E-state index is 0.0214. The summed E-state index contributed by atoms with van der Waals surface area (Å²) in [4.78, 5) is 22.7. The molecule has 3 heterocycles. The largest absolute Gasteiger partial charge is 0.292 e. The number of hydrogen-bond donors (Lipinski definition) is 0. The molecule has 6 heteroatoms. The van der Waals surface area contributed by atoms with Crippen LogP contribution in [0.1, 0.15) is 22.8 Å². The van der Waals surface area contributed by atoms with Crippen molar-refractivity contribution in [2.45, 2.75) is 19.9 Å². The van der Waals surface area contributed by atoms with E-state index in [-0.39, 0.29) is 5.56 Å². The topological polar surface area (TPSA) is 47.8 Å². The molecule has 1 aromatic carbocycles. The van der Waals surface area contributed by atoms with Crippen LogP contribution >= 0.6 is 22.9 Å². The number of rotatable bonds is 1. The standard InChI is InChI=1S/C16H12ClN3OS/c1-9-14(22-8-18-9)6-10-4-5-20-15(10)19-13-3-2-11(17)7-12(13)16(20)21/h2-3,6-8H,4-5H2,1H3/b10-6-. The van der Waals surface area contributed by atoms with E-state index in [4.69, 9.17) is 11.6 Å². The molecule has 0 atom stereocenters. The Morgan fingerprint density at radius 3 is 3.05 bits per heavy atom. The smallest absolute Gasteiger partial charge is 0.261 e. The van der Waals surface area contributed by atoms with Crippen LogP contribution in [-0.2, 0) is 6.54 Å². The highest BCUT2D eigenvalue weighted by atomic mass is 35.5. The van der Waals surface area contributed by atoms with Gasteiger partial charge in [-0.1, -0.05) is 11.6 Å². The van der Waals surface area contributed by atoms with Crippen LogP contribution in [0.25, 0.3) is 22.6 Å². The molecule has 2 aromatic heterocycles. The van der Waals surface area contributed by atoms with Gasteiger partial charge >= 0.3 is 0 Å². The maximum atomic E-state index is 12.6. The third-order valence-corrected chi connectivity index (χ3v) is 5.01. The van der Waals surface area contributed by atoms with Crippen molar-refractivity contribution in [1.29, 1.82) is 0 Å². The van der Waals surface area contributed by atoms with Crippen LogP contribution in [-0.4, -0.2) is 14.5 Å². The Morgan fingerprint density at radius 1 is 1.41 bits per heavy atom. The van der Waals surface area contributed by atoms with Crippen molar-refractivity contribution in [2.24, 2.45) is 0 Å². The summed E-state index contributed by atoms with van der Waals surface area (Å²) in [7, 11) is 0. The molecule has 4 nitrogen and oxygen atoms in total. The van der Waals surface area contributed by atoms with Gasteiger partial charge in [-0.3, -0.25) is 9.36 Å². The molecule has 0 saturated heterocycles. The lowest BCUT2D eigenvalue weighted by Gasteiger charge is -2.05. The van der Waals surface area contributed by atoms with Gasteiger partial charge in [0.2, 0.25) is 0 Å². The molecule has 0 radical (unpaired) electrons. The molecule has 0 unspecified atom stereocenters. The van der Waals surface area contributed by atoms with Crippen molar-refractivity contribution in [3.8, 4) is 0 Å². The first kappa shape index (κ1) is 13.7. The fraction of sp³-hybridized carbons (Fsp3) is 0.188. The van der Waals surface area contributed by atoms with E-state index in [0.717, 1.165) is 28.4 Å². The zero-order chi connectivity index (χ0) is 15.3. The number of fused-ring (bicyclic) bond motifs is 2. The van der Waals surface area contributed by atoms with Gasteiger partial charge in [0.05, 0.1) is 27.0 Å². The molecule has 0 bridgehead atoms. The van der Waals surface area contributed by atoms with Crippen LogP contribution in [0.3, 0.4) is 0 Å². The molecule has 0 aliphatic carbocycles. The van der Waals surface area contributed by atoms with Gasteiger partial charge in [0.25, 0.3) is 5.56 Å². The van der Waals surface area contributed by atoms with Gasteiger partial charge in [-0.2, -0.15) is 0 Å². The average Bonchev–Trinajstić information content (AvgIpc) is 3.08. The normalized spacial score (nSPS) is 15.6. The molecule has 1 aliphatic heterocycles. The summed E-state index contributed by atoms with van der Waals surface area (Å²) in [5, 5.41) is 1.13. The summed E-state index contributed by atoms with van der Waals surface area (Å²) < 4.78 is 1.74. The third-order valence-electron chi connectivity index (χ3n) is 3.90. The van der Waals surface area contributed by atoms with E-state index in [0.29, 0.717) is 22.5 Å². The number of thiazole rings is 1. The number of aromatic nitrogens is 3. The first-order valence-electron chi connectivity index (χ1n) is 6.94. The number of allylic oxidation sites excluding steroid dienone is 1. The van der Waals surface area contributed by atoms with Crippen molar-refractivity contribution in [3.05, 3.63) is 55.5 Å². The summed E-state index contributed by atoms with van der Waals surface area (Å²) in [6.07, 6.45) is 2.91. The fourth-order valence-electron chi connectivity index (χ4n) is 2.73. The monoisotopic (exact) mass is 329 g/mol. The second-order valence-corrected chi connectivity index (χ2v) is 6.60.